The normalized spacial score (nSPS) is 15.4. The maximum Gasteiger partial charge on any atom is 0.265 e. The third kappa shape index (κ3) is 6.71. The minimum atomic E-state index is -3.36. The number of rotatable bonds is 8. The van der Waals surface area contributed by atoms with E-state index in [2.05, 4.69) is 10.6 Å². The van der Waals surface area contributed by atoms with Crippen LogP contribution in [0.5, 0.6) is 5.75 Å². The Morgan fingerprint density at radius 3 is 2.30 bits per heavy atom. The minimum absolute atomic E-state index is 0.168. The fourth-order valence-corrected chi connectivity index (χ4v) is 4.22. The van der Waals surface area contributed by atoms with Crippen LogP contribution in [-0.4, -0.2) is 45.7 Å². The topological polar surface area (TPSA) is 105 Å². The average Bonchev–Trinajstić information content (AvgIpc) is 2.79. The van der Waals surface area contributed by atoms with Crippen molar-refractivity contribution in [3.8, 4) is 5.75 Å². The molecule has 0 aromatic heterocycles. The Bertz CT molecular complexity index is 1080. The molecule has 0 radical (unpaired) electrons. The van der Waals surface area contributed by atoms with Gasteiger partial charge >= 0.3 is 0 Å². The average molecular weight is 474 g/mol. The van der Waals surface area contributed by atoms with E-state index < -0.39 is 22.0 Å². The first-order chi connectivity index (χ1) is 15.6. The predicted octanol–water partition coefficient (Wildman–Crippen LogP) is 3.55. The van der Waals surface area contributed by atoms with Gasteiger partial charge in [-0.25, -0.2) is 8.42 Å². The first kappa shape index (κ1) is 24.6. The molecular weight excluding hydrogens is 442 g/mol. The number of amides is 2. The van der Waals surface area contributed by atoms with E-state index in [-0.39, 0.29) is 11.9 Å². The number of nitrogens with zero attached hydrogens (tertiary/aromatic N) is 1. The van der Waals surface area contributed by atoms with Crippen LogP contribution in [0.15, 0.2) is 48.5 Å². The number of carbonyl (C=O) groups excluding carboxylic acids is 2. The molecule has 178 valence electrons. The van der Waals surface area contributed by atoms with E-state index in [1.54, 1.807) is 55.5 Å². The SMILES string of the molecule is C[C@H](Oc1ccc(N(C)S(C)(=O)=O)cc1)C(=O)Nc1ccccc1C(=O)NC1CCCCC1. The highest BCUT2D eigenvalue weighted by molar-refractivity contribution is 7.92. The van der Waals surface area contributed by atoms with Crippen LogP contribution in [0.2, 0.25) is 0 Å². The fraction of sp³-hybridized carbons (Fsp3) is 0.417. The predicted molar refractivity (Wildman–Crippen MR) is 129 cm³/mol. The molecule has 1 fully saturated rings. The number of anilines is 2. The van der Waals surface area contributed by atoms with Crippen molar-refractivity contribution >= 4 is 33.2 Å². The molecule has 0 bridgehead atoms. The minimum Gasteiger partial charge on any atom is -0.481 e. The highest BCUT2D eigenvalue weighted by Crippen LogP contribution is 2.23. The zero-order valence-electron chi connectivity index (χ0n) is 19.2. The van der Waals surface area contributed by atoms with Crippen molar-refractivity contribution in [3.05, 3.63) is 54.1 Å². The summed E-state index contributed by atoms with van der Waals surface area (Å²) in [5.74, 6) is -0.172. The molecule has 0 saturated heterocycles. The smallest absolute Gasteiger partial charge is 0.265 e. The molecule has 33 heavy (non-hydrogen) atoms. The monoisotopic (exact) mass is 473 g/mol. The molecule has 1 atom stereocenters. The second-order valence-corrected chi connectivity index (χ2v) is 10.3. The standard InChI is InChI=1S/C24H31N3O5S/c1-17(32-20-15-13-19(14-16-20)27(2)33(3,30)31)23(28)26-22-12-8-7-11-21(22)24(29)25-18-9-5-4-6-10-18/h7-8,11-18H,4-6,9-10H2,1-3H3,(H,25,29)(H,26,28)/t17-/m0/s1. The highest BCUT2D eigenvalue weighted by Gasteiger charge is 2.21. The van der Waals surface area contributed by atoms with Gasteiger partial charge in [0.25, 0.3) is 11.8 Å². The van der Waals surface area contributed by atoms with Crippen LogP contribution in [0, 0.1) is 0 Å². The number of carbonyl (C=O) groups is 2. The van der Waals surface area contributed by atoms with E-state index in [0.717, 1.165) is 36.2 Å². The molecule has 8 nitrogen and oxygen atoms in total. The van der Waals surface area contributed by atoms with Gasteiger partial charge in [0.2, 0.25) is 10.0 Å². The molecule has 2 aromatic carbocycles. The van der Waals surface area contributed by atoms with Gasteiger partial charge in [-0.15, -0.1) is 0 Å². The number of hydrogen-bond acceptors (Lipinski definition) is 5. The van der Waals surface area contributed by atoms with Crippen molar-refractivity contribution in [3.63, 3.8) is 0 Å². The Balaban J connectivity index is 1.62. The molecule has 0 heterocycles. The Hall–Kier alpha value is -3.07. The number of para-hydroxylation sites is 1. The largest absolute Gasteiger partial charge is 0.481 e. The summed E-state index contributed by atoms with van der Waals surface area (Å²) in [5, 5.41) is 5.86. The number of benzene rings is 2. The van der Waals surface area contributed by atoms with E-state index in [9.17, 15) is 18.0 Å². The third-order valence-electron chi connectivity index (χ3n) is 5.75. The lowest BCUT2D eigenvalue weighted by Gasteiger charge is -2.23. The Labute approximate surface area is 195 Å². The van der Waals surface area contributed by atoms with Crippen molar-refractivity contribution in [2.45, 2.75) is 51.2 Å². The van der Waals surface area contributed by atoms with Gasteiger partial charge in [0, 0.05) is 13.1 Å². The van der Waals surface area contributed by atoms with Gasteiger partial charge in [0.15, 0.2) is 6.10 Å². The summed E-state index contributed by atoms with van der Waals surface area (Å²) in [7, 11) is -1.90. The van der Waals surface area contributed by atoms with Crippen LogP contribution in [0.25, 0.3) is 0 Å². The summed E-state index contributed by atoms with van der Waals surface area (Å²) in [6.07, 6.45) is 5.67. The van der Waals surface area contributed by atoms with Crippen LogP contribution in [0.4, 0.5) is 11.4 Å². The number of hydrogen-bond donors (Lipinski definition) is 2. The van der Waals surface area contributed by atoms with Crippen LogP contribution < -0.4 is 19.7 Å². The van der Waals surface area contributed by atoms with Gasteiger partial charge < -0.3 is 15.4 Å². The summed E-state index contributed by atoms with van der Waals surface area (Å²) in [4.78, 5) is 25.5. The van der Waals surface area contributed by atoms with Gasteiger partial charge in [-0.1, -0.05) is 31.4 Å². The third-order valence-corrected chi connectivity index (χ3v) is 6.96. The van der Waals surface area contributed by atoms with E-state index in [1.807, 2.05) is 0 Å². The lowest BCUT2D eigenvalue weighted by Crippen LogP contribution is -2.37. The Morgan fingerprint density at radius 2 is 1.67 bits per heavy atom. The molecule has 0 aliphatic heterocycles. The molecule has 1 aliphatic rings. The van der Waals surface area contributed by atoms with Crippen LogP contribution in [-0.2, 0) is 14.8 Å². The molecule has 0 spiro atoms. The number of sulfonamides is 1. The van der Waals surface area contributed by atoms with E-state index >= 15 is 0 Å². The van der Waals surface area contributed by atoms with Gasteiger partial charge in [-0.2, -0.15) is 0 Å². The van der Waals surface area contributed by atoms with Crippen molar-refractivity contribution in [2.24, 2.45) is 0 Å². The maximum absolute atomic E-state index is 12.8. The number of ether oxygens (including phenoxy) is 1. The first-order valence-electron chi connectivity index (χ1n) is 11.1. The van der Waals surface area contributed by atoms with Crippen LogP contribution >= 0.6 is 0 Å². The fourth-order valence-electron chi connectivity index (χ4n) is 3.72. The molecule has 2 amide bonds. The molecule has 1 saturated carbocycles. The van der Waals surface area contributed by atoms with Gasteiger partial charge in [0.1, 0.15) is 5.75 Å². The summed E-state index contributed by atoms with van der Waals surface area (Å²) >= 11 is 0. The van der Waals surface area contributed by atoms with Crippen molar-refractivity contribution < 1.29 is 22.7 Å². The molecule has 0 unspecified atom stereocenters. The Kier molecular flexibility index (Phi) is 7.97. The van der Waals surface area contributed by atoms with Crippen molar-refractivity contribution in [1.82, 2.24) is 5.32 Å². The van der Waals surface area contributed by atoms with Crippen LogP contribution in [0.3, 0.4) is 0 Å². The molecule has 3 rings (SSSR count). The molecule has 2 N–H and O–H groups in total. The maximum atomic E-state index is 12.8. The second kappa shape index (κ2) is 10.7. The summed E-state index contributed by atoms with van der Waals surface area (Å²) in [5.41, 5.74) is 1.33. The molecular formula is C24H31N3O5S. The second-order valence-electron chi connectivity index (χ2n) is 8.33. The van der Waals surface area contributed by atoms with E-state index in [4.69, 9.17) is 4.74 Å². The van der Waals surface area contributed by atoms with Gasteiger partial charge in [0.05, 0.1) is 23.2 Å². The highest BCUT2D eigenvalue weighted by atomic mass is 32.2. The summed E-state index contributed by atoms with van der Waals surface area (Å²) < 4.78 is 30.2. The first-order valence-corrected chi connectivity index (χ1v) is 12.9. The Morgan fingerprint density at radius 1 is 1.03 bits per heavy atom. The zero-order valence-corrected chi connectivity index (χ0v) is 20.0. The lowest BCUT2D eigenvalue weighted by atomic mass is 9.95. The molecule has 2 aromatic rings. The summed E-state index contributed by atoms with van der Waals surface area (Å²) in [6, 6.07) is 13.5. The quantitative estimate of drug-likeness (QED) is 0.610. The van der Waals surface area contributed by atoms with Crippen LogP contribution in [0.1, 0.15) is 49.4 Å². The van der Waals surface area contributed by atoms with E-state index in [0.29, 0.717) is 22.7 Å². The number of nitrogens with one attached hydrogen (secondary N) is 2. The van der Waals surface area contributed by atoms with Gasteiger partial charge in [-0.05, 0) is 56.2 Å². The zero-order chi connectivity index (χ0) is 24.0. The van der Waals surface area contributed by atoms with E-state index in [1.165, 1.54) is 13.5 Å². The summed E-state index contributed by atoms with van der Waals surface area (Å²) in [6.45, 7) is 1.61. The van der Waals surface area contributed by atoms with Gasteiger partial charge in [-0.3, -0.25) is 13.9 Å². The van der Waals surface area contributed by atoms with Crippen molar-refractivity contribution in [1.29, 1.82) is 0 Å². The molecule has 1 aliphatic carbocycles. The van der Waals surface area contributed by atoms with Crippen molar-refractivity contribution in [2.75, 3.05) is 22.9 Å². The lowest BCUT2D eigenvalue weighted by molar-refractivity contribution is -0.122. The molecule has 9 heteroatoms.